The fourth-order valence-corrected chi connectivity index (χ4v) is 3.14. The second-order valence-corrected chi connectivity index (χ2v) is 6.10. The van der Waals surface area contributed by atoms with Gasteiger partial charge < -0.3 is 4.57 Å². The van der Waals surface area contributed by atoms with Crippen molar-refractivity contribution in [1.29, 1.82) is 0 Å². The lowest BCUT2D eigenvalue weighted by Gasteiger charge is -2.10. The van der Waals surface area contributed by atoms with Gasteiger partial charge in [0.25, 0.3) is 0 Å². The van der Waals surface area contributed by atoms with Gasteiger partial charge in [-0.15, -0.1) is 0 Å². The van der Waals surface area contributed by atoms with Gasteiger partial charge in [-0.2, -0.15) is 0 Å². The fourth-order valence-electron chi connectivity index (χ4n) is 3.14. The summed E-state index contributed by atoms with van der Waals surface area (Å²) in [6.07, 6.45) is 3.63. The van der Waals surface area contributed by atoms with Gasteiger partial charge in [0.1, 0.15) is 5.82 Å². The first-order valence-corrected chi connectivity index (χ1v) is 8.34. The number of aryl methyl sites for hydroxylation is 2. The van der Waals surface area contributed by atoms with E-state index >= 15 is 0 Å². The summed E-state index contributed by atoms with van der Waals surface area (Å²) in [5.74, 6) is -0.200. The van der Waals surface area contributed by atoms with Crippen molar-refractivity contribution >= 4 is 11.0 Å². The number of halogens is 1. The molecule has 0 fully saturated rings. The molecule has 0 bridgehead atoms. The highest BCUT2D eigenvalue weighted by Crippen LogP contribution is 2.32. The summed E-state index contributed by atoms with van der Waals surface area (Å²) >= 11 is 0. The predicted molar refractivity (Wildman–Crippen MR) is 98.8 cm³/mol. The van der Waals surface area contributed by atoms with E-state index in [9.17, 15) is 4.39 Å². The largest absolute Gasteiger partial charge is 0.331 e. The average Bonchev–Trinajstić information content (AvgIpc) is 3.06. The van der Waals surface area contributed by atoms with E-state index in [4.69, 9.17) is 0 Å². The van der Waals surface area contributed by atoms with Crippen molar-refractivity contribution in [3.63, 3.8) is 0 Å². The summed E-state index contributed by atoms with van der Waals surface area (Å²) in [5.41, 5.74) is 6.57. The lowest BCUT2D eigenvalue weighted by Crippen LogP contribution is -1.93. The number of fused-ring (bicyclic) bond motifs is 1. The molecule has 3 nitrogen and oxygen atoms in total. The van der Waals surface area contributed by atoms with Gasteiger partial charge in [0.05, 0.1) is 23.1 Å². The van der Waals surface area contributed by atoms with E-state index in [1.165, 1.54) is 6.07 Å². The maximum absolute atomic E-state index is 13.6. The van der Waals surface area contributed by atoms with Crippen molar-refractivity contribution in [1.82, 2.24) is 14.5 Å². The second-order valence-electron chi connectivity index (χ2n) is 6.10. The predicted octanol–water partition coefficient (Wildman–Crippen LogP) is 5.23. The van der Waals surface area contributed by atoms with E-state index in [2.05, 4.69) is 39.7 Å². The van der Waals surface area contributed by atoms with E-state index in [0.717, 1.165) is 40.0 Å². The van der Waals surface area contributed by atoms with E-state index in [-0.39, 0.29) is 5.82 Å². The lowest BCUT2D eigenvalue weighted by molar-refractivity contribution is 0.619. The molecular weight excluding hydrogens is 313 g/mol. The van der Waals surface area contributed by atoms with Crippen LogP contribution in [0, 0.1) is 12.7 Å². The Morgan fingerprint density at radius 1 is 1.00 bits per heavy atom. The molecule has 0 radical (unpaired) electrons. The Kier molecular flexibility index (Phi) is 3.80. The molecule has 0 spiro atoms. The Balaban J connectivity index is 1.90. The van der Waals surface area contributed by atoms with Crippen molar-refractivity contribution in [3.8, 4) is 22.4 Å². The maximum Gasteiger partial charge on any atom is 0.126 e. The minimum Gasteiger partial charge on any atom is -0.331 e. The number of hydrogen-bond donors (Lipinski definition) is 0. The van der Waals surface area contributed by atoms with Crippen LogP contribution in [-0.4, -0.2) is 14.5 Å². The molecule has 4 rings (SSSR count). The van der Waals surface area contributed by atoms with Gasteiger partial charge in [-0.3, -0.25) is 4.98 Å². The van der Waals surface area contributed by atoms with Crippen molar-refractivity contribution in [2.45, 2.75) is 20.4 Å². The molecule has 0 saturated carbocycles. The molecule has 0 atom stereocenters. The number of rotatable bonds is 3. The summed E-state index contributed by atoms with van der Waals surface area (Å²) in [4.78, 5) is 8.99. The van der Waals surface area contributed by atoms with Gasteiger partial charge >= 0.3 is 0 Å². The molecule has 0 aliphatic heterocycles. The third-order valence-electron chi connectivity index (χ3n) is 4.51. The number of imidazole rings is 1. The topological polar surface area (TPSA) is 30.7 Å². The summed E-state index contributed by atoms with van der Waals surface area (Å²) in [5, 5.41) is 0. The first kappa shape index (κ1) is 15.5. The van der Waals surface area contributed by atoms with Crippen LogP contribution in [0.3, 0.4) is 0 Å². The summed E-state index contributed by atoms with van der Waals surface area (Å²) in [7, 11) is 0. The standard InChI is InChI=1S/C21H18FN3/c1-3-25-13-24-19-9-7-15(12-20(19)25)17-5-4-10-23-21(17)16-6-8-18(22)14(2)11-16/h4-13H,3H2,1-2H3. The van der Waals surface area contributed by atoms with Crippen LogP contribution in [0.15, 0.2) is 61.1 Å². The Labute approximate surface area is 145 Å². The molecule has 0 N–H and O–H groups in total. The van der Waals surface area contributed by atoms with Gasteiger partial charge in [-0.25, -0.2) is 9.37 Å². The summed E-state index contributed by atoms with van der Waals surface area (Å²) in [6, 6.07) is 15.3. The van der Waals surface area contributed by atoms with E-state index < -0.39 is 0 Å². The first-order chi connectivity index (χ1) is 12.2. The molecule has 25 heavy (non-hydrogen) atoms. The van der Waals surface area contributed by atoms with Crippen molar-refractivity contribution in [3.05, 3.63) is 72.4 Å². The van der Waals surface area contributed by atoms with E-state index in [1.54, 1.807) is 19.2 Å². The van der Waals surface area contributed by atoms with Gasteiger partial charge in [0, 0.05) is 23.9 Å². The second kappa shape index (κ2) is 6.13. The van der Waals surface area contributed by atoms with E-state index in [1.807, 2.05) is 24.5 Å². The molecule has 0 aliphatic rings. The number of pyridine rings is 1. The monoisotopic (exact) mass is 331 g/mol. The minimum atomic E-state index is -0.200. The molecule has 0 saturated heterocycles. The maximum atomic E-state index is 13.6. The van der Waals surface area contributed by atoms with Crippen LogP contribution in [0.2, 0.25) is 0 Å². The summed E-state index contributed by atoms with van der Waals surface area (Å²) in [6.45, 7) is 4.74. The Morgan fingerprint density at radius 2 is 1.84 bits per heavy atom. The molecule has 0 unspecified atom stereocenters. The summed E-state index contributed by atoms with van der Waals surface area (Å²) < 4.78 is 15.8. The van der Waals surface area contributed by atoms with Crippen LogP contribution in [0.1, 0.15) is 12.5 Å². The molecule has 0 aliphatic carbocycles. The number of nitrogens with zero attached hydrogens (tertiary/aromatic N) is 3. The van der Waals surface area contributed by atoms with Crippen molar-refractivity contribution < 1.29 is 4.39 Å². The van der Waals surface area contributed by atoms with Crippen LogP contribution >= 0.6 is 0 Å². The van der Waals surface area contributed by atoms with Crippen LogP contribution in [0.25, 0.3) is 33.4 Å². The highest BCUT2D eigenvalue weighted by atomic mass is 19.1. The molecule has 4 aromatic rings. The number of hydrogen-bond acceptors (Lipinski definition) is 2. The smallest absolute Gasteiger partial charge is 0.126 e. The average molecular weight is 331 g/mol. The van der Waals surface area contributed by atoms with Crippen LogP contribution < -0.4 is 0 Å². The van der Waals surface area contributed by atoms with Crippen molar-refractivity contribution in [2.75, 3.05) is 0 Å². The molecule has 0 amide bonds. The Bertz CT molecular complexity index is 1070. The molecule has 2 aromatic heterocycles. The molecule has 124 valence electrons. The molecular formula is C21H18FN3. The van der Waals surface area contributed by atoms with Gasteiger partial charge in [-0.1, -0.05) is 12.1 Å². The highest BCUT2D eigenvalue weighted by molar-refractivity contribution is 5.87. The molecule has 2 heterocycles. The van der Waals surface area contributed by atoms with Crippen LogP contribution in [0.5, 0.6) is 0 Å². The van der Waals surface area contributed by atoms with Gasteiger partial charge in [0.15, 0.2) is 0 Å². The third-order valence-corrected chi connectivity index (χ3v) is 4.51. The van der Waals surface area contributed by atoms with E-state index in [0.29, 0.717) is 5.56 Å². The zero-order valence-electron chi connectivity index (χ0n) is 14.2. The third kappa shape index (κ3) is 2.70. The number of benzene rings is 2. The quantitative estimate of drug-likeness (QED) is 0.514. The fraction of sp³-hybridized carbons (Fsp3) is 0.143. The Morgan fingerprint density at radius 3 is 2.64 bits per heavy atom. The van der Waals surface area contributed by atoms with Gasteiger partial charge in [0.2, 0.25) is 0 Å². The SMILES string of the molecule is CCn1cnc2ccc(-c3cccnc3-c3ccc(F)c(C)c3)cc21. The minimum absolute atomic E-state index is 0.200. The zero-order chi connectivity index (χ0) is 17.4. The molecule has 2 aromatic carbocycles. The number of aromatic nitrogens is 3. The normalized spacial score (nSPS) is 11.2. The van der Waals surface area contributed by atoms with Gasteiger partial charge in [-0.05, 0) is 61.4 Å². The lowest BCUT2D eigenvalue weighted by atomic mass is 9.98. The highest BCUT2D eigenvalue weighted by Gasteiger charge is 2.11. The van der Waals surface area contributed by atoms with Crippen LogP contribution in [0.4, 0.5) is 4.39 Å². The molecule has 4 heteroatoms. The zero-order valence-corrected chi connectivity index (χ0v) is 14.2. The Hall–Kier alpha value is -3.01. The van der Waals surface area contributed by atoms with Crippen molar-refractivity contribution in [2.24, 2.45) is 0 Å². The van der Waals surface area contributed by atoms with Crippen LogP contribution in [-0.2, 0) is 6.54 Å². The first-order valence-electron chi connectivity index (χ1n) is 8.34.